The fourth-order valence-electron chi connectivity index (χ4n) is 2.06. The lowest BCUT2D eigenvalue weighted by molar-refractivity contribution is 0.760. The van der Waals surface area contributed by atoms with Gasteiger partial charge in [-0.1, -0.05) is 13.8 Å². The van der Waals surface area contributed by atoms with Gasteiger partial charge in [0.25, 0.3) is 0 Å². The molecule has 0 amide bonds. The van der Waals surface area contributed by atoms with E-state index in [0.717, 1.165) is 28.5 Å². The van der Waals surface area contributed by atoms with Crippen LogP contribution in [0.15, 0.2) is 12.1 Å². The molecule has 2 N–H and O–H groups in total. The zero-order valence-corrected chi connectivity index (χ0v) is 12.4. The molecular formula is C15H22N4. The van der Waals surface area contributed by atoms with Crippen LogP contribution in [-0.2, 0) is 6.54 Å². The van der Waals surface area contributed by atoms with Gasteiger partial charge in [-0.05, 0) is 49.9 Å². The van der Waals surface area contributed by atoms with Crippen molar-refractivity contribution in [1.29, 1.82) is 0 Å². The minimum absolute atomic E-state index is 0.378. The highest BCUT2D eigenvalue weighted by molar-refractivity contribution is 5.36. The molecule has 19 heavy (non-hydrogen) atoms. The third kappa shape index (κ3) is 2.54. The number of rotatable bonds is 3. The third-order valence-electron chi connectivity index (χ3n) is 3.59. The molecule has 0 atom stereocenters. The van der Waals surface area contributed by atoms with Crippen molar-refractivity contribution in [3.05, 3.63) is 40.3 Å². The van der Waals surface area contributed by atoms with Crippen LogP contribution in [0.2, 0.25) is 0 Å². The molecule has 0 aromatic carbocycles. The fourth-order valence-corrected chi connectivity index (χ4v) is 2.06. The smallest absolute Gasteiger partial charge is 0.154 e. The maximum atomic E-state index is 5.78. The minimum atomic E-state index is 0.378. The van der Waals surface area contributed by atoms with Crippen LogP contribution in [0.1, 0.15) is 48.0 Å². The van der Waals surface area contributed by atoms with Crippen molar-refractivity contribution < 1.29 is 0 Å². The van der Waals surface area contributed by atoms with Gasteiger partial charge in [0, 0.05) is 17.9 Å². The Morgan fingerprint density at radius 2 is 1.89 bits per heavy atom. The molecule has 2 aromatic rings. The molecule has 0 bridgehead atoms. The first-order valence-corrected chi connectivity index (χ1v) is 6.68. The highest BCUT2D eigenvalue weighted by Gasteiger charge is 2.12. The number of nitrogens with zero attached hydrogens (tertiary/aromatic N) is 3. The van der Waals surface area contributed by atoms with Crippen molar-refractivity contribution in [3.8, 4) is 5.82 Å². The summed E-state index contributed by atoms with van der Waals surface area (Å²) in [6.07, 6.45) is 0. The van der Waals surface area contributed by atoms with Crippen LogP contribution in [0.4, 0.5) is 0 Å². The van der Waals surface area contributed by atoms with E-state index in [1.807, 2.05) is 17.7 Å². The van der Waals surface area contributed by atoms with Gasteiger partial charge in [-0.2, -0.15) is 5.10 Å². The first kappa shape index (κ1) is 13.7. The molecule has 0 aliphatic carbocycles. The van der Waals surface area contributed by atoms with Gasteiger partial charge >= 0.3 is 0 Å². The second kappa shape index (κ2) is 5.13. The summed E-state index contributed by atoms with van der Waals surface area (Å²) in [6, 6.07) is 4.09. The van der Waals surface area contributed by atoms with Crippen LogP contribution >= 0.6 is 0 Å². The van der Waals surface area contributed by atoms with E-state index >= 15 is 0 Å². The normalized spacial score (nSPS) is 11.3. The van der Waals surface area contributed by atoms with Gasteiger partial charge < -0.3 is 5.73 Å². The highest BCUT2D eigenvalue weighted by Crippen LogP contribution is 2.20. The summed E-state index contributed by atoms with van der Waals surface area (Å²) >= 11 is 0. The lowest BCUT2D eigenvalue weighted by atomic mass is 10.1. The molecule has 2 aromatic heterocycles. The molecule has 0 radical (unpaired) electrons. The largest absolute Gasteiger partial charge is 0.326 e. The van der Waals surface area contributed by atoms with Crippen LogP contribution in [0.3, 0.4) is 0 Å². The number of nitrogens with two attached hydrogens (primary N) is 1. The Morgan fingerprint density at radius 1 is 1.21 bits per heavy atom. The Hall–Kier alpha value is -1.68. The number of pyridine rings is 1. The summed E-state index contributed by atoms with van der Waals surface area (Å²) in [5.74, 6) is 1.24. The van der Waals surface area contributed by atoms with Gasteiger partial charge in [-0.25, -0.2) is 9.67 Å². The molecule has 0 aliphatic rings. The van der Waals surface area contributed by atoms with E-state index in [9.17, 15) is 0 Å². The summed E-state index contributed by atoms with van der Waals surface area (Å²) in [5.41, 5.74) is 11.3. The average Bonchev–Trinajstić information content (AvgIpc) is 2.66. The topological polar surface area (TPSA) is 56.7 Å². The molecule has 0 saturated heterocycles. The second-order valence-corrected chi connectivity index (χ2v) is 5.32. The van der Waals surface area contributed by atoms with E-state index < -0.39 is 0 Å². The number of hydrogen-bond acceptors (Lipinski definition) is 3. The highest BCUT2D eigenvalue weighted by atomic mass is 15.3. The third-order valence-corrected chi connectivity index (χ3v) is 3.59. The first-order valence-electron chi connectivity index (χ1n) is 6.68. The van der Waals surface area contributed by atoms with Gasteiger partial charge in [0.1, 0.15) is 0 Å². The Bertz CT molecular complexity index is 596. The molecule has 0 fully saturated rings. The monoisotopic (exact) mass is 258 g/mol. The van der Waals surface area contributed by atoms with Crippen molar-refractivity contribution in [3.63, 3.8) is 0 Å². The Morgan fingerprint density at radius 3 is 2.37 bits per heavy atom. The van der Waals surface area contributed by atoms with E-state index in [1.54, 1.807) is 0 Å². The summed E-state index contributed by atoms with van der Waals surface area (Å²) < 4.78 is 1.91. The SMILES string of the molecule is Cc1nn(-c2cc(CN)cc(C(C)C)n2)c(C)c1C. The maximum absolute atomic E-state index is 5.78. The van der Waals surface area contributed by atoms with E-state index in [-0.39, 0.29) is 0 Å². The van der Waals surface area contributed by atoms with Gasteiger partial charge in [0.15, 0.2) is 5.82 Å². The quantitative estimate of drug-likeness (QED) is 0.921. The van der Waals surface area contributed by atoms with Crippen LogP contribution in [0.5, 0.6) is 0 Å². The molecule has 2 heterocycles. The zero-order valence-electron chi connectivity index (χ0n) is 12.4. The average molecular weight is 258 g/mol. The summed E-state index contributed by atoms with van der Waals surface area (Å²) in [6.45, 7) is 11.0. The fraction of sp³-hybridized carbons (Fsp3) is 0.467. The molecule has 0 spiro atoms. The van der Waals surface area contributed by atoms with Crippen molar-refractivity contribution in [1.82, 2.24) is 14.8 Å². The van der Waals surface area contributed by atoms with E-state index in [2.05, 4.69) is 38.9 Å². The molecule has 0 aliphatic heterocycles. The van der Waals surface area contributed by atoms with Crippen LogP contribution in [0.25, 0.3) is 5.82 Å². The van der Waals surface area contributed by atoms with Crippen molar-refractivity contribution in [2.24, 2.45) is 5.73 Å². The molecule has 4 nitrogen and oxygen atoms in total. The molecular weight excluding hydrogens is 236 g/mol. The van der Waals surface area contributed by atoms with E-state index in [4.69, 9.17) is 10.7 Å². The van der Waals surface area contributed by atoms with Crippen LogP contribution in [-0.4, -0.2) is 14.8 Å². The van der Waals surface area contributed by atoms with Crippen molar-refractivity contribution in [2.45, 2.75) is 47.1 Å². The minimum Gasteiger partial charge on any atom is -0.326 e. The number of aromatic nitrogens is 3. The molecule has 102 valence electrons. The second-order valence-electron chi connectivity index (χ2n) is 5.32. The van der Waals surface area contributed by atoms with Gasteiger partial charge in [0.05, 0.1) is 5.69 Å². The standard InChI is InChI=1S/C15H22N4/c1-9(2)14-6-13(8-16)7-15(17-14)19-12(5)10(3)11(4)18-19/h6-7,9H,8,16H2,1-5H3. The van der Waals surface area contributed by atoms with E-state index in [1.165, 1.54) is 5.56 Å². The van der Waals surface area contributed by atoms with Gasteiger partial charge in [-0.15, -0.1) is 0 Å². The number of hydrogen-bond donors (Lipinski definition) is 1. The molecule has 0 saturated carbocycles. The predicted octanol–water partition coefficient (Wildman–Crippen LogP) is 2.77. The number of aryl methyl sites for hydroxylation is 1. The van der Waals surface area contributed by atoms with E-state index in [0.29, 0.717) is 12.5 Å². The Labute approximate surface area is 114 Å². The summed E-state index contributed by atoms with van der Waals surface area (Å²) in [7, 11) is 0. The maximum Gasteiger partial charge on any atom is 0.154 e. The lowest BCUT2D eigenvalue weighted by Gasteiger charge is -2.11. The van der Waals surface area contributed by atoms with Gasteiger partial charge in [0.2, 0.25) is 0 Å². The first-order chi connectivity index (χ1) is 8.93. The van der Waals surface area contributed by atoms with Crippen molar-refractivity contribution in [2.75, 3.05) is 0 Å². The zero-order chi connectivity index (χ0) is 14.2. The van der Waals surface area contributed by atoms with Crippen LogP contribution in [0, 0.1) is 20.8 Å². The molecule has 4 heteroatoms. The molecule has 0 unspecified atom stereocenters. The lowest BCUT2D eigenvalue weighted by Crippen LogP contribution is -2.08. The Balaban J connectivity index is 2.61. The predicted molar refractivity (Wildman–Crippen MR) is 77.6 cm³/mol. The van der Waals surface area contributed by atoms with Gasteiger partial charge in [-0.3, -0.25) is 0 Å². The summed E-state index contributed by atoms with van der Waals surface area (Å²) in [4.78, 5) is 4.71. The van der Waals surface area contributed by atoms with Crippen LogP contribution < -0.4 is 5.73 Å². The Kier molecular flexibility index (Phi) is 3.71. The summed E-state index contributed by atoms with van der Waals surface area (Å²) in [5, 5.41) is 4.57. The molecule has 2 rings (SSSR count). The van der Waals surface area contributed by atoms with Crippen molar-refractivity contribution >= 4 is 0 Å².